The Morgan fingerprint density at radius 3 is 2.57 bits per heavy atom. The largest absolute Gasteiger partial charge is 0.357 e. The monoisotopic (exact) mass is 339 g/mol. The maximum Gasteiger partial charge on any atom is 0.243 e. The van der Waals surface area contributed by atoms with Gasteiger partial charge in [-0.1, -0.05) is 20.8 Å². The number of carbonyl (C=O) groups excluding carboxylic acids is 1. The summed E-state index contributed by atoms with van der Waals surface area (Å²) < 4.78 is 0. The number of guanidine groups is 1. The Labute approximate surface area is 143 Å². The molecule has 7 heteroatoms. The van der Waals surface area contributed by atoms with E-state index in [4.69, 9.17) is 0 Å². The number of aliphatic imine (C=N–C) groups is 1. The van der Waals surface area contributed by atoms with Crippen molar-refractivity contribution >= 4 is 23.2 Å². The van der Waals surface area contributed by atoms with Crippen molar-refractivity contribution in [3.63, 3.8) is 0 Å². The maximum atomic E-state index is 11.6. The molecule has 1 heterocycles. The van der Waals surface area contributed by atoms with Crippen LogP contribution in [0.1, 0.15) is 38.4 Å². The topological polar surface area (TPSA) is 69.6 Å². The lowest BCUT2D eigenvalue weighted by molar-refractivity contribution is -0.127. The number of hydrogen-bond donors (Lipinski definition) is 2. The standard InChI is InChI=1S/C16H29N5OS/c1-7-17-15(19-10-13(22)21(5)6)18-9-8-12-11-23-14(20-12)16(2,3)4/h11H,7-10H2,1-6H3,(H2,17,18,19). The fourth-order valence-electron chi connectivity index (χ4n) is 1.71. The van der Waals surface area contributed by atoms with E-state index < -0.39 is 0 Å². The molecule has 0 fully saturated rings. The van der Waals surface area contributed by atoms with Crippen LogP contribution in [0.15, 0.2) is 10.4 Å². The quantitative estimate of drug-likeness (QED) is 0.610. The van der Waals surface area contributed by atoms with Crippen LogP contribution in [-0.2, 0) is 16.6 Å². The van der Waals surface area contributed by atoms with Crippen molar-refractivity contribution in [1.29, 1.82) is 0 Å². The molecule has 0 aliphatic carbocycles. The molecule has 1 aromatic rings. The second kappa shape index (κ2) is 8.86. The van der Waals surface area contributed by atoms with Gasteiger partial charge in [0.25, 0.3) is 0 Å². The van der Waals surface area contributed by atoms with Crippen LogP contribution >= 0.6 is 11.3 Å². The van der Waals surface area contributed by atoms with Gasteiger partial charge in [-0.2, -0.15) is 0 Å². The number of rotatable bonds is 6. The van der Waals surface area contributed by atoms with Crippen molar-refractivity contribution in [2.45, 2.75) is 39.5 Å². The number of thiazole rings is 1. The predicted molar refractivity (Wildman–Crippen MR) is 97.2 cm³/mol. The maximum absolute atomic E-state index is 11.6. The lowest BCUT2D eigenvalue weighted by atomic mass is 9.98. The van der Waals surface area contributed by atoms with E-state index >= 15 is 0 Å². The van der Waals surface area contributed by atoms with Crippen LogP contribution in [0, 0.1) is 0 Å². The molecule has 0 unspecified atom stereocenters. The van der Waals surface area contributed by atoms with E-state index in [1.54, 1.807) is 25.4 Å². The number of hydrogen-bond acceptors (Lipinski definition) is 4. The van der Waals surface area contributed by atoms with Gasteiger partial charge in [-0.05, 0) is 6.92 Å². The summed E-state index contributed by atoms with van der Waals surface area (Å²) >= 11 is 1.71. The number of likely N-dealkylation sites (N-methyl/N-ethyl adjacent to an activating group) is 1. The van der Waals surface area contributed by atoms with Crippen LogP contribution in [0.25, 0.3) is 0 Å². The third-order valence-electron chi connectivity index (χ3n) is 3.08. The molecule has 1 rings (SSSR count). The molecular weight excluding hydrogens is 310 g/mol. The Balaban J connectivity index is 2.51. The summed E-state index contributed by atoms with van der Waals surface area (Å²) in [5.74, 6) is 0.644. The number of nitrogens with one attached hydrogen (secondary N) is 2. The Hall–Kier alpha value is -1.63. The van der Waals surface area contributed by atoms with Crippen molar-refractivity contribution in [3.05, 3.63) is 16.1 Å². The number of aromatic nitrogens is 1. The molecule has 0 bridgehead atoms. The van der Waals surface area contributed by atoms with E-state index in [2.05, 4.69) is 46.8 Å². The second-order valence-corrected chi connectivity index (χ2v) is 7.41. The minimum atomic E-state index is -0.0171. The van der Waals surface area contributed by atoms with Gasteiger partial charge in [0.1, 0.15) is 6.54 Å². The highest BCUT2D eigenvalue weighted by Crippen LogP contribution is 2.25. The van der Waals surface area contributed by atoms with Crippen LogP contribution in [0.3, 0.4) is 0 Å². The van der Waals surface area contributed by atoms with Crippen LogP contribution in [-0.4, -0.2) is 55.5 Å². The smallest absolute Gasteiger partial charge is 0.243 e. The summed E-state index contributed by atoms with van der Waals surface area (Å²) in [6, 6.07) is 0. The van der Waals surface area contributed by atoms with E-state index in [1.807, 2.05) is 6.92 Å². The van der Waals surface area contributed by atoms with E-state index in [9.17, 15) is 4.79 Å². The summed E-state index contributed by atoms with van der Waals surface area (Å²) in [6.07, 6.45) is 0.832. The fraction of sp³-hybridized carbons (Fsp3) is 0.688. The van der Waals surface area contributed by atoms with Crippen molar-refractivity contribution in [1.82, 2.24) is 20.5 Å². The first-order valence-electron chi connectivity index (χ1n) is 7.91. The molecule has 0 saturated heterocycles. The van der Waals surface area contributed by atoms with Gasteiger partial charge in [0, 0.05) is 44.4 Å². The molecule has 0 aromatic carbocycles. The summed E-state index contributed by atoms with van der Waals surface area (Å²) in [5, 5.41) is 9.66. The summed E-state index contributed by atoms with van der Waals surface area (Å²) in [6.45, 7) is 10.2. The van der Waals surface area contributed by atoms with Crippen LogP contribution in [0.2, 0.25) is 0 Å². The zero-order valence-corrected chi connectivity index (χ0v) is 15.9. The average Bonchev–Trinajstić information content (AvgIpc) is 2.93. The van der Waals surface area contributed by atoms with Gasteiger partial charge in [0.15, 0.2) is 5.96 Å². The lowest BCUT2D eigenvalue weighted by Gasteiger charge is -2.14. The third kappa shape index (κ3) is 6.99. The SMILES string of the molecule is CCNC(=NCC(=O)N(C)C)NCCc1csc(C(C)(C)C)n1. The second-order valence-electron chi connectivity index (χ2n) is 6.55. The molecule has 2 N–H and O–H groups in total. The van der Waals surface area contributed by atoms with Gasteiger partial charge in [-0.25, -0.2) is 9.98 Å². The number of carbonyl (C=O) groups is 1. The van der Waals surface area contributed by atoms with Crippen LogP contribution in [0.5, 0.6) is 0 Å². The van der Waals surface area contributed by atoms with Gasteiger partial charge >= 0.3 is 0 Å². The third-order valence-corrected chi connectivity index (χ3v) is 4.40. The van der Waals surface area contributed by atoms with Gasteiger partial charge in [0.2, 0.25) is 5.91 Å². The van der Waals surface area contributed by atoms with E-state index in [0.29, 0.717) is 5.96 Å². The molecule has 130 valence electrons. The molecule has 0 aliphatic heterocycles. The normalized spacial score (nSPS) is 12.2. The van der Waals surface area contributed by atoms with E-state index in [0.717, 1.165) is 30.2 Å². The molecule has 6 nitrogen and oxygen atoms in total. The first-order chi connectivity index (χ1) is 10.7. The first-order valence-corrected chi connectivity index (χ1v) is 8.79. The molecular formula is C16H29N5OS. The van der Waals surface area contributed by atoms with Gasteiger partial charge in [-0.3, -0.25) is 4.79 Å². The van der Waals surface area contributed by atoms with Gasteiger partial charge in [0.05, 0.1) is 10.7 Å². The molecule has 0 saturated carbocycles. The van der Waals surface area contributed by atoms with E-state index in [1.165, 1.54) is 4.90 Å². The van der Waals surface area contributed by atoms with Crippen molar-refractivity contribution < 1.29 is 4.79 Å². The highest BCUT2D eigenvalue weighted by molar-refractivity contribution is 7.09. The van der Waals surface area contributed by atoms with Crippen molar-refractivity contribution in [2.75, 3.05) is 33.7 Å². The Morgan fingerprint density at radius 1 is 1.35 bits per heavy atom. The molecule has 23 heavy (non-hydrogen) atoms. The zero-order valence-electron chi connectivity index (χ0n) is 15.1. The lowest BCUT2D eigenvalue weighted by Crippen LogP contribution is -2.39. The fourth-order valence-corrected chi connectivity index (χ4v) is 2.65. The Morgan fingerprint density at radius 2 is 2.04 bits per heavy atom. The van der Waals surface area contributed by atoms with Crippen LogP contribution < -0.4 is 10.6 Å². The van der Waals surface area contributed by atoms with Crippen molar-refractivity contribution in [2.24, 2.45) is 4.99 Å². The van der Waals surface area contributed by atoms with Crippen LogP contribution in [0.4, 0.5) is 0 Å². The Bertz CT molecular complexity index is 531. The molecule has 1 aromatic heterocycles. The molecule has 0 radical (unpaired) electrons. The molecule has 1 amide bonds. The molecule has 0 aliphatic rings. The van der Waals surface area contributed by atoms with Gasteiger partial charge < -0.3 is 15.5 Å². The summed E-state index contributed by atoms with van der Waals surface area (Å²) in [4.78, 5) is 22.1. The minimum Gasteiger partial charge on any atom is -0.357 e. The minimum absolute atomic E-state index is 0.0171. The molecule has 0 spiro atoms. The summed E-state index contributed by atoms with van der Waals surface area (Å²) in [7, 11) is 3.46. The highest BCUT2D eigenvalue weighted by atomic mass is 32.1. The number of nitrogens with zero attached hydrogens (tertiary/aromatic N) is 3. The Kier molecular flexibility index (Phi) is 7.48. The van der Waals surface area contributed by atoms with E-state index in [-0.39, 0.29) is 17.9 Å². The zero-order chi connectivity index (χ0) is 17.5. The number of amides is 1. The first kappa shape index (κ1) is 19.4. The highest BCUT2D eigenvalue weighted by Gasteiger charge is 2.17. The van der Waals surface area contributed by atoms with Crippen molar-refractivity contribution in [3.8, 4) is 0 Å². The predicted octanol–water partition coefficient (Wildman–Crippen LogP) is 1.63. The van der Waals surface area contributed by atoms with Gasteiger partial charge in [-0.15, -0.1) is 11.3 Å². The summed E-state index contributed by atoms with van der Waals surface area (Å²) in [5.41, 5.74) is 1.19. The average molecular weight is 340 g/mol. The molecule has 0 atom stereocenters.